The summed E-state index contributed by atoms with van der Waals surface area (Å²) in [6, 6.07) is 0. The van der Waals surface area contributed by atoms with Gasteiger partial charge >= 0.3 is 5.97 Å². The van der Waals surface area contributed by atoms with Crippen molar-refractivity contribution < 1.29 is 27.9 Å². The summed E-state index contributed by atoms with van der Waals surface area (Å²) in [4.78, 5) is 22.5. The van der Waals surface area contributed by atoms with Crippen LogP contribution in [-0.2, 0) is 19.6 Å². The van der Waals surface area contributed by atoms with Crippen molar-refractivity contribution >= 4 is 21.9 Å². The van der Waals surface area contributed by atoms with Gasteiger partial charge in [-0.1, -0.05) is 0 Å². The minimum Gasteiger partial charge on any atom is -0.478 e. The standard InChI is InChI=1S/C10H16N4O6S/c1-14(6-8(15)11-3-4-20-2)21(18,19)9-7(10(16)17)5-12-13-9/h5H,3-4,6H2,1-2H3,(H,11,15)(H,12,13)(H,16,17). The number of carboxylic acid groups (broad SMARTS) is 1. The van der Waals surface area contributed by atoms with Crippen molar-refractivity contribution in [1.82, 2.24) is 19.8 Å². The molecular formula is C10H16N4O6S. The Balaban J connectivity index is 2.80. The average Bonchev–Trinajstić information content (AvgIpc) is 2.88. The third-order valence-corrected chi connectivity index (χ3v) is 4.27. The first-order valence-electron chi connectivity index (χ1n) is 5.79. The van der Waals surface area contributed by atoms with Crippen molar-refractivity contribution in [3.63, 3.8) is 0 Å². The van der Waals surface area contributed by atoms with Gasteiger partial charge in [-0.15, -0.1) is 0 Å². The second kappa shape index (κ2) is 7.15. The predicted octanol–water partition coefficient (Wildman–Crippen LogP) is -1.51. The number of aromatic carboxylic acids is 1. The summed E-state index contributed by atoms with van der Waals surface area (Å²) in [7, 11) is -1.52. The van der Waals surface area contributed by atoms with Gasteiger partial charge in [-0.05, 0) is 0 Å². The van der Waals surface area contributed by atoms with E-state index in [1.165, 1.54) is 7.11 Å². The molecule has 0 saturated heterocycles. The molecule has 1 aromatic heterocycles. The molecule has 21 heavy (non-hydrogen) atoms. The van der Waals surface area contributed by atoms with E-state index in [2.05, 4.69) is 15.5 Å². The second-order valence-corrected chi connectivity index (χ2v) is 6.00. The number of methoxy groups -OCH3 is 1. The van der Waals surface area contributed by atoms with Gasteiger partial charge in [0.1, 0.15) is 5.56 Å². The van der Waals surface area contributed by atoms with E-state index in [9.17, 15) is 18.0 Å². The highest BCUT2D eigenvalue weighted by Crippen LogP contribution is 2.15. The topological polar surface area (TPSA) is 142 Å². The van der Waals surface area contributed by atoms with Crippen LogP contribution in [0.4, 0.5) is 0 Å². The number of carbonyl (C=O) groups is 2. The molecule has 118 valence electrons. The SMILES string of the molecule is COCCNC(=O)CN(C)S(=O)(=O)c1[nH]ncc1C(=O)O. The molecule has 1 rings (SSSR count). The number of aromatic amines is 1. The number of sulfonamides is 1. The molecule has 0 fully saturated rings. The molecule has 0 aliphatic carbocycles. The van der Waals surface area contributed by atoms with Crippen molar-refractivity contribution in [1.29, 1.82) is 0 Å². The molecule has 1 aromatic rings. The van der Waals surface area contributed by atoms with E-state index in [1.807, 2.05) is 0 Å². The maximum absolute atomic E-state index is 12.2. The van der Waals surface area contributed by atoms with Crippen LogP contribution in [0.3, 0.4) is 0 Å². The third kappa shape index (κ3) is 4.24. The van der Waals surface area contributed by atoms with Crippen LogP contribution >= 0.6 is 0 Å². The van der Waals surface area contributed by atoms with Gasteiger partial charge in [0.05, 0.1) is 19.3 Å². The van der Waals surface area contributed by atoms with Crippen LogP contribution in [-0.4, -0.2) is 73.8 Å². The molecule has 3 N–H and O–H groups in total. The number of ether oxygens (including phenoxy) is 1. The first kappa shape index (κ1) is 17.1. The number of likely N-dealkylation sites (N-methyl/N-ethyl adjacent to an activating group) is 1. The molecule has 0 spiro atoms. The number of nitrogens with one attached hydrogen (secondary N) is 2. The molecular weight excluding hydrogens is 304 g/mol. The van der Waals surface area contributed by atoms with Crippen LogP contribution in [0.25, 0.3) is 0 Å². The van der Waals surface area contributed by atoms with E-state index in [0.717, 1.165) is 17.5 Å². The number of rotatable bonds is 8. The van der Waals surface area contributed by atoms with E-state index in [0.29, 0.717) is 6.61 Å². The van der Waals surface area contributed by atoms with Crippen molar-refractivity contribution in [2.45, 2.75) is 5.03 Å². The van der Waals surface area contributed by atoms with E-state index in [-0.39, 0.29) is 6.54 Å². The Kier molecular flexibility index (Phi) is 5.81. The van der Waals surface area contributed by atoms with Crippen molar-refractivity contribution in [2.75, 3.05) is 33.9 Å². The Morgan fingerprint density at radius 2 is 2.19 bits per heavy atom. The lowest BCUT2D eigenvalue weighted by Crippen LogP contribution is -2.39. The van der Waals surface area contributed by atoms with Crippen LogP contribution in [0.1, 0.15) is 10.4 Å². The predicted molar refractivity (Wildman–Crippen MR) is 70.2 cm³/mol. The summed E-state index contributed by atoms with van der Waals surface area (Å²) in [5.74, 6) is -1.96. The maximum Gasteiger partial charge on any atom is 0.340 e. The average molecular weight is 320 g/mol. The van der Waals surface area contributed by atoms with Crippen LogP contribution in [0.5, 0.6) is 0 Å². The summed E-state index contributed by atoms with van der Waals surface area (Å²) in [6.45, 7) is 0.0870. The zero-order chi connectivity index (χ0) is 16.0. The van der Waals surface area contributed by atoms with Crippen LogP contribution in [0, 0.1) is 0 Å². The van der Waals surface area contributed by atoms with Crippen LogP contribution < -0.4 is 5.32 Å². The molecule has 0 radical (unpaired) electrons. The lowest BCUT2D eigenvalue weighted by molar-refractivity contribution is -0.121. The minimum atomic E-state index is -4.15. The van der Waals surface area contributed by atoms with Gasteiger partial charge in [-0.3, -0.25) is 9.89 Å². The molecule has 0 aliphatic rings. The van der Waals surface area contributed by atoms with E-state index < -0.39 is 39.0 Å². The fraction of sp³-hybridized carbons (Fsp3) is 0.500. The number of carbonyl (C=O) groups excluding carboxylic acids is 1. The van der Waals surface area contributed by atoms with Crippen molar-refractivity contribution in [3.05, 3.63) is 11.8 Å². The highest BCUT2D eigenvalue weighted by atomic mass is 32.2. The normalized spacial score (nSPS) is 11.6. The van der Waals surface area contributed by atoms with Crippen LogP contribution in [0.2, 0.25) is 0 Å². The number of hydrogen-bond acceptors (Lipinski definition) is 6. The summed E-state index contributed by atoms with van der Waals surface area (Å²) in [6.07, 6.45) is 0.891. The van der Waals surface area contributed by atoms with E-state index in [4.69, 9.17) is 9.84 Å². The van der Waals surface area contributed by atoms with Crippen LogP contribution in [0.15, 0.2) is 11.2 Å². The van der Waals surface area contributed by atoms with Gasteiger partial charge in [-0.2, -0.15) is 9.40 Å². The fourth-order valence-corrected chi connectivity index (χ4v) is 2.60. The Hall–Kier alpha value is -1.98. The molecule has 10 nitrogen and oxygen atoms in total. The molecule has 0 aliphatic heterocycles. The number of nitrogens with zero attached hydrogens (tertiary/aromatic N) is 2. The zero-order valence-corrected chi connectivity index (χ0v) is 12.3. The van der Waals surface area contributed by atoms with Gasteiger partial charge in [-0.25, -0.2) is 13.2 Å². The van der Waals surface area contributed by atoms with Crippen molar-refractivity contribution in [3.8, 4) is 0 Å². The number of aromatic nitrogens is 2. The number of H-pyrrole nitrogens is 1. The van der Waals surface area contributed by atoms with Gasteiger partial charge in [0.25, 0.3) is 10.0 Å². The lowest BCUT2D eigenvalue weighted by Gasteiger charge is -2.16. The first-order valence-corrected chi connectivity index (χ1v) is 7.23. The van der Waals surface area contributed by atoms with Gasteiger partial charge in [0.2, 0.25) is 5.91 Å². The molecule has 0 bridgehead atoms. The summed E-state index contributed by atoms with van der Waals surface area (Å²) < 4.78 is 29.8. The third-order valence-electron chi connectivity index (χ3n) is 2.50. The minimum absolute atomic E-state index is 0.244. The zero-order valence-electron chi connectivity index (χ0n) is 11.5. The molecule has 0 unspecified atom stereocenters. The molecule has 1 amide bonds. The largest absolute Gasteiger partial charge is 0.478 e. The Bertz CT molecular complexity index is 611. The molecule has 11 heteroatoms. The van der Waals surface area contributed by atoms with Gasteiger partial charge in [0.15, 0.2) is 5.03 Å². The molecule has 1 heterocycles. The smallest absolute Gasteiger partial charge is 0.340 e. The highest BCUT2D eigenvalue weighted by molar-refractivity contribution is 7.89. The quantitative estimate of drug-likeness (QED) is 0.494. The summed E-state index contributed by atoms with van der Waals surface area (Å²) in [5.41, 5.74) is -0.485. The molecule has 0 aromatic carbocycles. The molecule has 0 saturated carbocycles. The first-order chi connectivity index (χ1) is 9.80. The Morgan fingerprint density at radius 1 is 1.52 bits per heavy atom. The Morgan fingerprint density at radius 3 is 2.76 bits per heavy atom. The van der Waals surface area contributed by atoms with Gasteiger partial charge in [0, 0.05) is 20.7 Å². The van der Waals surface area contributed by atoms with E-state index in [1.54, 1.807) is 0 Å². The number of carboxylic acids is 1. The van der Waals surface area contributed by atoms with E-state index >= 15 is 0 Å². The number of amides is 1. The number of hydrogen-bond donors (Lipinski definition) is 3. The molecule has 0 atom stereocenters. The fourth-order valence-electron chi connectivity index (χ4n) is 1.41. The second-order valence-electron chi connectivity index (χ2n) is 4.02. The maximum atomic E-state index is 12.2. The summed E-state index contributed by atoms with van der Waals surface area (Å²) in [5, 5.41) is 16.3. The van der Waals surface area contributed by atoms with Crippen molar-refractivity contribution in [2.24, 2.45) is 0 Å². The van der Waals surface area contributed by atoms with Gasteiger partial charge < -0.3 is 15.2 Å². The monoisotopic (exact) mass is 320 g/mol. The Labute approximate surface area is 121 Å². The highest BCUT2D eigenvalue weighted by Gasteiger charge is 2.29. The summed E-state index contributed by atoms with van der Waals surface area (Å²) >= 11 is 0. The lowest BCUT2D eigenvalue weighted by atomic mass is 10.4.